The van der Waals surface area contributed by atoms with Gasteiger partial charge in [-0.3, -0.25) is 0 Å². The zero-order valence-electron chi connectivity index (χ0n) is 18.3. The Kier molecular flexibility index (Phi) is 7.83. The highest BCUT2D eigenvalue weighted by molar-refractivity contribution is 5.83. The summed E-state index contributed by atoms with van der Waals surface area (Å²) < 4.78 is 6.14. The van der Waals surface area contributed by atoms with Crippen LogP contribution >= 0.6 is 0 Å². The number of hydrogen-bond donors (Lipinski definition) is 1. The molecule has 2 rings (SSSR count). The Hall–Kier alpha value is -2.81. The molecule has 0 bridgehead atoms. The fourth-order valence-electron chi connectivity index (χ4n) is 3.29. The van der Waals surface area contributed by atoms with Crippen LogP contribution in [0.15, 0.2) is 54.1 Å². The Morgan fingerprint density at radius 2 is 1.76 bits per heavy atom. The second kappa shape index (κ2) is 10.1. The van der Waals surface area contributed by atoms with Crippen LogP contribution in [0.4, 0.5) is 0 Å². The average Bonchev–Trinajstić information content (AvgIpc) is 2.66. The highest BCUT2D eigenvalue weighted by atomic mass is 16.5. The quantitative estimate of drug-likeness (QED) is 0.387. The van der Waals surface area contributed by atoms with Crippen molar-refractivity contribution >= 4 is 12.0 Å². The normalized spacial score (nSPS) is 12.2. The smallest absolute Gasteiger partial charge is 0.328 e. The molecular formula is C26H32O3. The van der Waals surface area contributed by atoms with Crippen molar-refractivity contribution in [1.29, 1.82) is 0 Å². The van der Waals surface area contributed by atoms with Gasteiger partial charge in [0.1, 0.15) is 5.75 Å². The predicted molar refractivity (Wildman–Crippen MR) is 122 cm³/mol. The van der Waals surface area contributed by atoms with E-state index < -0.39 is 5.97 Å². The molecule has 2 aromatic carbocycles. The maximum Gasteiger partial charge on any atom is 0.328 e. The van der Waals surface area contributed by atoms with Crippen molar-refractivity contribution in [2.75, 3.05) is 6.61 Å². The first kappa shape index (κ1) is 22.5. The van der Waals surface area contributed by atoms with E-state index in [0.717, 1.165) is 22.4 Å². The van der Waals surface area contributed by atoms with Gasteiger partial charge in [0.05, 0.1) is 6.61 Å². The van der Waals surface area contributed by atoms with Gasteiger partial charge in [-0.1, -0.05) is 70.2 Å². The molecule has 29 heavy (non-hydrogen) atoms. The molecule has 0 amide bonds. The largest absolute Gasteiger partial charge is 0.493 e. The minimum Gasteiger partial charge on any atom is -0.493 e. The molecule has 0 aliphatic rings. The van der Waals surface area contributed by atoms with Crippen LogP contribution in [0.1, 0.15) is 70.1 Å². The van der Waals surface area contributed by atoms with Gasteiger partial charge in [0, 0.05) is 11.6 Å². The van der Waals surface area contributed by atoms with Crippen molar-refractivity contribution < 1.29 is 14.6 Å². The molecular weight excluding hydrogens is 360 g/mol. The van der Waals surface area contributed by atoms with Crippen molar-refractivity contribution in [3.63, 3.8) is 0 Å². The Labute approximate surface area is 174 Å². The van der Waals surface area contributed by atoms with Crippen LogP contribution in [0.5, 0.6) is 5.75 Å². The van der Waals surface area contributed by atoms with E-state index in [9.17, 15) is 4.79 Å². The van der Waals surface area contributed by atoms with Gasteiger partial charge in [-0.05, 0) is 59.6 Å². The molecule has 154 valence electrons. The summed E-state index contributed by atoms with van der Waals surface area (Å²) in [7, 11) is 0. The molecule has 0 heterocycles. The molecule has 0 unspecified atom stereocenters. The van der Waals surface area contributed by atoms with Gasteiger partial charge in [-0.25, -0.2) is 4.79 Å². The number of hydrogen-bond acceptors (Lipinski definition) is 2. The van der Waals surface area contributed by atoms with Crippen LogP contribution in [-0.4, -0.2) is 17.7 Å². The monoisotopic (exact) mass is 392 g/mol. The summed E-state index contributed by atoms with van der Waals surface area (Å²) in [4.78, 5) is 10.9. The van der Waals surface area contributed by atoms with Gasteiger partial charge in [0.25, 0.3) is 0 Å². The van der Waals surface area contributed by atoms with E-state index in [1.54, 1.807) is 6.92 Å². The van der Waals surface area contributed by atoms with Gasteiger partial charge >= 0.3 is 5.97 Å². The minimum atomic E-state index is -0.940. The van der Waals surface area contributed by atoms with E-state index in [1.807, 2.05) is 37.3 Å². The number of carboxylic acid groups (broad SMARTS) is 1. The van der Waals surface area contributed by atoms with Crippen LogP contribution in [0.2, 0.25) is 0 Å². The van der Waals surface area contributed by atoms with Crippen LogP contribution in [0.3, 0.4) is 0 Å². The molecule has 0 aliphatic heterocycles. The number of allylic oxidation sites excluding steroid dienone is 2. The molecule has 2 aromatic rings. The molecule has 0 saturated carbocycles. The lowest BCUT2D eigenvalue weighted by Crippen LogP contribution is -2.03. The fraction of sp³-hybridized carbons (Fsp3) is 0.346. The average molecular weight is 393 g/mol. The molecule has 3 nitrogen and oxygen atoms in total. The van der Waals surface area contributed by atoms with Gasteiger partial charge in [0.15, 0.2) is 0 Å². The van der Waals surface area contributed by atoms with E-state index in [1.165, 1.54) is 17.2 Å². The minimum absolute atomic E-state index is 0.345. The van der Waals surface area contributed by atoms with Gasteiger partial charge in [-0.2, -0.15) is 0 Å². The fourth-order valence-corrected chi connectivity index (χ4v) is 3.29. The van der Waals surface area contributed by atoms with Crippen LogP contribution in [-0.2, 0) is 4.79 Å². The third-order valence-electron chi connectivity index (χ3n) is 4.85. The Balaban J connectivity index is 2.70. The maximum atomic E-state index is 10.9. The number of rotatable bonds is 8. The lowest BCUT2D eigenvalue weighted by atomic mass is 9.88. The molecule has 0 atom stereocenters. The van der Waals surface area contributed by atoms with Crippen molar-refractivity contribution in [2.24, 2.45) is 0 Å². The van der Waals surface area contributed by atoms with Crippen LogP contribution in [0, 0.1) is 0 Å². The first-order valence-electron chi connectivity index (χ1n) is 10.2. The molecule has 0 spiro atoms. The number of carbonyl (C=O) groups is 1. The lowest BCUT2D eigenvalue weighted by molar-refractivity contribution is -0.131. The number of benzene rings is 2. The van der Waals surface area contributed by atoms with E-state index in [4.69, 9.17) is 9.84 Å². The van der Waals surface area contributed by atoms with Crippen LogP contribution < -0.4 is 4.74 Å². The van der Waals surface area contributed by atoms with Crippen molar-refractivity contribution in [3.8, 4) is 16.9 Å². The SMILES string of the molecule is CCOc1c(-c2ccccc2/C=C/C(C)=C/C(=O)O)cc(C(C)C)cc1C(C)C. The summed E-state index contributed by atoms with van der Waals surface area (Å²) >= 11 is 0. The molecule has 1 N–H and O–H groups in total. The predicted octanol–water partition coefficient (Wildman–Crippen LogP) is 7.04. The molecule has 0 radical (unpaired) electrons. The third-order valence-corrected chi connectivity index (χ3v) is 4.85. The zero-order valence-corrected chi connectivity index (χ0v) is 18.3. The summed E-state index contributed by atoms with van der Waals surface area (Å²) in [6, 6.07) is 12.7. The third kappa shape index (κ3) is 5.83. The summed E-state index contributed by atoms with van der Waals surface area (Å²) in [5.74, 6) is 0.749. The Morgan fingerprint density at radius 1 is 1.07 bits per heavy atom. The lowest BCUT2D eigenvalue weighted by Gasteiger charge is -2.22. The van der Waals surface area contributed by atoms with E-state index in [0.29, 0.717) is 24.0 Å². The van der Waals surface area contributed by atoms with E-state index in [-0.39, 0.29) is 0 Å². The Morgan fingerprint density at radius 3 is 2.34 bits per heavy atom. The Bertz CT molecular complexity index is 918. The molecule has 0 aliphatic carbocycles. The second-order valence-electron chi connectivity index (χ2n) is 7.88. The van der Waals surface area contributed by atoms with Crippen molar-refractivity contribution in [3.05, 3.63) is 70.8 Å². The highest BCUT2D eigenvalue weighted by Crippen LogP contribution is 2.41. The summed E-state index contributed by atoms with van der Waals surface area (Å²) in [6.45, 7) is 13.2. The number of ether oxygens (including phenoxy) is 1. The highest BCUT2D eigenvalue weighted by Gasteiger charge is 2.18. The number of carboxylic acids is 1. The van der Waals surface area contributed by atoms with Crippen molar-refractivity contribution in [2.45, 2.75) is 53.4 Å². The van der Waals surface area contributed by atoms with Gasteiger partial charge < -0.3 is 9.84 Å². The zero-order chi connectivity index (χ0) is 21.6. The standard InChI is InChI=1S/C26H32O3/c1-7-29-26-23(18(4)5)15-21(17(2)3)16-24(26)22-11-9-8-10-20(22)13-12-19(6)14-25(27)28/h8-18H,7H2,1-6H3,(H,27,28)/b13-12+,19-14+. The molecule has 0 aromatic heterocycles. The first-order chi connectivity index (χ1) is 13.7. The summed E-state index contributed by atoms with van der Waals surface area (Å²) in [6.07, 6.45) is 5.01. The maximum absolute atomic E-state index is 10.9. The van der Waals surface area contributed by atoms with Crippen molar-refractivity contribution in [1.82, 2.24) is 0 Å². The number of aliphatic carboxylic acids is 1. The van der Waals surface area contributed by atoms with E-state index in [2.05, 4.69) is 45.9 Å². The summed E-state index contributed by atoms with van der Waals surface area (Å²) in [5.41, 5.74) is 6.39. The van der Waals surface area contributed by atoms with Gasteiger partial charge in [0.2, 0.25) is 0 Å². The molecule has 0 fully saturated rings. The summed E-state index contributed by atoms with van der Waals surface area (Å²) in [5, 5.41) is 8.95. The molecule has 0 saturated heterocycles. The first-order valence-corrected chi connectivity index (χ1v) is 10.2. The van der Waals surface area contributed by atoms with Gasteiger partial charge in [-0.15, -0.1) is 0 Å². The van der Waals surface area contributed by atoms with Crippen LogP contribution in [0.25, 0.3) is 17.2 Å². The second-order valence-corrected chi connectivity index (χ2v) is 7.88. The molecule has 3 heteroatoms. The topological polar surface area (TPSA) is 46.5 Å². The van der Waals surface area contributed by atoms with E-state index >= 15 is 0 Å².